The Labute approximate surface area is 116 Å². The fourth-order valence-electron chi connectivity index (χ4n) is 1.66. The lowest BCUT2D eigenvalue weighted by atomic mass is 10.2. The van der Waals surface area contributed by atoms with E-state index in [2.05, 4.69) is 0 Å². The average Bonchev–Trinajstić information content (AvgIpc) is 2.41. The zero-order chi connectivity index (χ0) is 15.6. The fourth-order valence-corrected chi connectivity index (χ4v) is 1.66. The summed E-state index contributed by atoms with van der Waals surface area (Å²) in [5.41, 5.74) is 4.74. The second-order valence-electron chi connectivity index (χ2n) is 4.09. The lowest BCUT2D eigenvalue weighted by Crippen LogP contribution is -1.99. The van der Waals surface area contributed by atoms with E-state index in [1.807, 2.05) is 0 Å². The van der Waals surface area contributed by atoms with E-state index in [1.54, 1.807) is 0 Å². The Bertz CT molecular complexity index is 707. The van der Waals surface area contributed by atoms with Crippen LogP contribution in [0.4, 0.5) is 18.9 Å². The van der Waals surface area contributed by atoms with Crippen LogP contribution in [0.25, 0.3) is 0 Å². The monoisotopic (exact) mass is 298 g/mol. The van der Waals surface area contributed by atoms with Crippen LogP contribution < -0.4 is 10.5 Å². The number of nitro benzene ring substituents is 1. The SMILES string of the molecule is NCc1cc(F)cc(Oc2cc(F)c([N+](=O)[O-])cc2F)c1. The van der Waals surface area contributed by atoms with E-state index in [1.165, 1.54) is 12.1 Å². The Hall–Kier alpha value is -2.61. The maximum Gasteiger partial charge on any atom is 0.307 e. The molecule has 0 aliphatic rings. The van der Waals surface area contributed by atoms with E-state index in [9.17, 15) is 23.3 Å². The topological polar surface area (TPSA) is 78.4 Å². The standard InChI is InChI=1S/C13H9F3N2O3/c14-8-1-7(6-17)2-9(3-8)21-13-5-10(15)12(18(19)20)4-11(13)16/h1-5H,6,17H2. The zero-order valence-corrected chi connectivity index (χ0v) is 10.5. The highest BCUT2D eigenvalue weighted by Gasteiger charge is 2.20. The molecule has 21 heavy (non-hydrogen) atoms. The lowest BCUT2D eigenvalue weighted by molar-refractivity contribution is -0.387. The number of halogens is 3. The molecule has 0 bridgehead atoms. The van der Waals surface area contributed by atoms with Crippen LogP contribution >= 0.6 is 0 Å². The van der Waals surface area contributed by atoms with Crippen LogP contribution in [0.3, 0.4) is 0 Å². The van der Waals surface area contributed by atoms with Gasteiger partial charge in [0.2, 0.25) is 5.82 Å². The summed E-state index contributed by atoms with van der Waals surface area (Å²) >= 11 is 0. The number of nitrogens with zero attached hydrogens (tertiary/aromatic N) is 1. The van der Waals surface area contributed by atoms with Crippen LogP contribution in [0.15, 0.2) is 30.3 Å². The van der Waals surface area contributed by atoms with Crippen LogP contribution in [0.5, 0.6) is 11.5 Å². The van der Waals surface area contributed by atoms with Gasteiger partial charge in [-0.15, -0.1) is 0 Å². The molecule has 0 aliphatic carbocycles. The number of rotatable bonds is 4. The summed E-state index contributed by atoms with van der Waals surface area (Å²) in [6.07, 6.45) is 0. The second-order valence-corrected chi connectivity index (χ2v) is 4.09. The van der Waals surface area contributed by atoms with Crippen LogP contribution in [-0.2, 0) is 6.54 Å². The summed E-state index contributed by atoms with van der Waals surface area (Å²) in [6.45, 7) is 0.0330. The van der Waals surface area contributed by atoms with E-state index in [-0.39, 0.29) is 12.3 Å². The van der Waals surface area contributed by atoms with Gasteiger partial charge in [-0.05, 0) is 17.7 Å². The predicted molar refractivity (Wildman–Crippen MR) is 67.4 cm³/mol. The Morgan fingerprint density at radius 2 is 1.81 bits per heavy atom. The number of benzene rings is 2. The predicted octanol–water partition coefficient (Wildman–Crippen LogP) is 3.26. The highest BCUT2D eigenvalue weighted by molar-refractivity contribution is 5.42. The van der Waals surface area contributed by atoms with Gasteiger partial charge >= 0.3 is 5.69 Å². The van der Waals surface area contributed by atoms with Crippen molar-refractivity contribution in [3.63, 3.8) is 0 Å². The third kappa shape index (κ3) is 3.29. The smallest absolute Gasteiger partial charge is 0.307 e. The molecule has 0 radical (unpaired) electrons. The van der Waals surface area contributed by atoms with Crippen LogP contribution in [0, 0.1) is 27.6 Å². The van der Waals surface area contributed by atoms with Crippen molar-refractivity contribution in [1.29, 1.82) is 0 Å². The molecule has 8 heteroatoms. The highest BCUT2D eigenvalue weighted by atomic mass is 19.1. The second kappa shape index (κ2) is 5.80. The minimum absolute atomic E-state index is 0.0330. The largest absolute Gasteiger partial charge is 0.454 e. The van der Waals surface area contributed by atoms with Crippen molar-refractivity contribution in [3.8, 4) is 11.5 Å². The van der Waals surface area contributed by atoms with Crippen molar-refractivity contribution in [2.75, 3.05) is 0 Å². The van der Waals surface area contributed by atoms with Crippen LogP contribution in [0.1, 0.15) is 5.56 Å². The third-order valence-corrected chi connectivity index (χ3v) is 2.59. The molecule has 5 nitrogen and oxygen atoms in total. The molecule has 0 aromatic heterocycles. The van der Waals surface area contributed by atoms with Crippen molar-refractivity contribution < 1.29 is 22.8 Å². The van der Waals surface area contributed by atoms with Gasteiger partial charge in [0.15, 0.2) is 11.6 Å². The number of ether oxygens (including phenoxy) is 1. The molecule has 0 amide bonds. The van der Waals surface area contributed by atoms with Gasteiger partial charge in [0, 0.05) is 18.7 Å². The van der Waals surface area contributed by atoms with Gasteiger partial charge in [0.1, 0.15) is 11.6 Å². The number of hydrogen-bond acceptors (Lipinski definition) is 4. The molecule has 2 rings (SSSR count). The lowest BCUT2D eigenvalue weighted by Gasteiger charge is -2.08. The first-order valence-electron chi connectivity index (χ1n) is 5.71. The molecule has 0 saturated heterocycles. The molecule has 0 saturated carbocycles. The quantitative estimate of drug-likeness (QED) is 0.694. The first-order valence-corrected chi connectivity index (χ1v) is 5.71. The van der Waals surface area contributed by atoms with E-state index in [0.29, 0.717) is 17.7 Å². The first kappa shape index (κ1) is 14.8. The van der Waals surface area contributed by atoms with E-state index >= 15 is 0 Å². The van der Waals surface area contributed by atoms with Gasteiger partial charge < -0.3 is 10.5 Å². The molecule has 0 spiro atoms. The van der Waals surface area contributed by atoms with Crippen molar-refractivity contribution in [2.45, 2.75) is 6.54 Å². The minimum atomic E-state index is -1.26. The summed E-state index contributed by atoms with van der Waals surface area (Å²) in [5, 5.41) is 10.5. The number of nitro groups is 1. The average molecular weight is 298 g/mol. The highest BCUT2D eigenvalue weighted by Crippen LogP contribution is 2.30. The molecular formula is C13H9F3N2O3. The molecule has 2 N–H and O–H groups in total. The minimum Gasteiger partial charge on any atom is -0.454 e. The van der Waals surface area contributed by atoms with E-state index in [4.69, 9.17) is 10.5 Å². The van der Waals surface area contributed by atoms with E-state index in [0.717, 1.165) is 6.07 Å². The third-order valence-electron chi connectivity index (χ3n) is 2.59. The fraction of sp³-hybridized carbons (Fsp3) is 0.0769. The van der Waals surface area contributed by atoms with Gasteiger partial charge in [0.25, 0.3) is 0 Å². The Kier molecular flexibility index (Phi) is 4.08. The molecule has 0 atom stereocenters. The molecule has 2 aromatic rings. The molecule has 110 valence electrons. The summed E-state index contributed by atoms with van der Waals surface area (Å²) in [7, 11) is 0. The van der Waals surface area contributed by atoms with E-state index < -0.39 is 33.8 Å². The Balaban J connectivity index is 2.38. The maximum absolute atomic E-state index is 13.6. The molecule has 0 fully saturated rings. The Morgan fingerprint density at radius 3 is 2.43 bits per heavy atom. The molecular weight excluding hydrogens is 289 g/mol. The van der Waals surface area contributed by atoms with Crippen molar-refractivity contribution in [2.24, 2.45) is 5.73 Å². The van der Waals surface area contributed by atoms with Crippen molar-refractivity contribution >= 4 is 5.69 Å². The van der Waals surface area contributed by atoms with Gasteiger partial charge in [-0.2, -0.15) is 4.39 Å². The van der Waals surface area contributed by atoms with Gasteiger partial charge in [-0.3, -0.25) is 10.1 Å². The molecule has 0 unspecified atom stereocenters. The van der Waals surface area contributed by atoms with Crippen LogP contribution in [-0.4, -0.2) is 4.92 Å². The molecule has 2 aromatic carbocycles. The number of nitrogens with two attached hydrogens (primary N) is 1. The summed E-state index contributed by atoms with van der Waals surface area (Å²) in [6, 6.07) is 4.40. The maximum atomic E-state index is 13.6. The van der Waals surface area contributed by atoms with Gasteiger partial charge in [-0.25, -0.2) is 8.78 Å². The van der Waals surface area contributed by atoms with Gasteiger partial charge in [0.05, 0.1) is 11.0 Å². The first-order chi connectivity index (χ1) is 9.90. The summed E-state index contributed by atoms with van der Waals surface area (Å²) in [5.74, 6) is -3.74. The Morgan fingerprint density at radius 1 is 1.10 bits per heavy atom. The summed E-state index contributed by atoms with van der Waals surface area (Å²) in [4.78, 5) is 9.41. The van der Waals surface area contributed by atoms with Crippen molar-refractivity contribution in [3.05, 3.63) is 63.5 Å². The zero-order valence-electron chi connectivity index (χ0n) is 10.5. The normalized spacial score (nSPS) is 10.5. The summed E-state index contributed by atoms with van der Waals surface area (Å²) < 4.78 is 45.4. The number of hydrogen-bond donors (Lipinski definition) is 1. The van der Waals surface area contributed by atoms with Crippen LogP contribution in [0.2, 0.25) is 0 Å². The van der Waals surface area contributed by atoms with Gasteiger partial charge in [-0.1, -0.05) is 0 Å². The van der Waals surface area contributed by atoms with Crippen molar-refractivity contribution in [1.82, 2.24) is 0 Å². The molecule has 0 heterocycles. The molecule has 0 aliphatic heterocycles.